The highest BCUT2D eigenvalue weighted by Crippen LogP contribution is 1.95. The topological polar surface area (TPSA) is 29.9 Å². The summed E-state index contributed by atoms with van der Waals surface area (Å²) in [6.07, 6.45) is 7.35. The van der Waals surface area contributed by atoms with E-state index >= 15 is 0 Å². The van der Waals surface area contributed by atoms with E-state index in [9.17, 15) is 0 Å². The van der Waals surface area contributed by atoms with Crippen molar-refractivity contribution in [2.45, 2.75) is 25.8 Å². The summed E-state index contributed by atoms with van der Waals surface area (Å²) in [6, 6.07) is 1.94. The largest absolute Gasteiger partial charge is 0.315 e. The Labute approximate surface area is 90.4 Å². The third kappa shape index (κ3) is 5.25. The fourth-order valence-corrected chi connectivity index (χ4v) is 1.46. The van der Waals surface area contributed by atoms with Crippen LogP contribution in [0.3, 0.4) is 0 Å². The molecule has 4 heteroatoms. The van der Waals surface area contributed by atoms with Gasteiger partial charge in [0.1, 0.15) is 0 Å². The summed E-state index contributed by atoms with van der Waals surface area (Å²) in [6.45, 7) is 3.02. The maximum atomic E-state index is 5.58. The van der Waals surface area contributed by atoms with Crippen molar-refractivity contribution in [3.05, 3.63) is 18.5 Å². The number of nitrogens with one attached hydrogen (secondary N) is 1. The van der Waals surface area contributed by atoms with E-state index in [2.05, 4.69) is 10.4 Å². The Hall–Kier alpha value is -0.540. The zero-order valence-electron chi connectivity index (χ0n) is 8.45. The van der Waals surface area contributed by atoms with Gasteiger partial charge in [0, 0.05) is 24.8 Å². The highest BCUT2D eigenvalue weighted by molar-refractivity contribution is 6.17. The number of halogens is 1. The van der Waals surface area contributed by atoms with Gasteiger partial charge in [-0.15, -0.1) is 11.6 Å². The number of nitrogens with zero attached hydrogens (tertiary/aromatic N) is 2. The summed E-state index contributed by atoms with van der Waals surface area (Å²) in [7, 11) is 0. The highest BCUT2D eigenvalue weighted by atomic mass is 35.5. The van der Waals surface area contributed by atoms with Gasteiger partial charge in [0.05, 0.1) is 6.54 Å². The first-order valence-electron chi connectivity index (χ1n) is 5.17. The lowest BCUT2D eigenvalue weighted by atomic mass is 10.2. The number of hydrogen-bond donors (Lipinski definition) is 1. The van der Waals surface area contributed by atoms with E-state index < -0.39 is 0 Å². The van der Waals surface area contributed by atoms with Crippen molar-refractivity contribution in [1.29, 1.82) is 0 Å². The van der Waals surface area contributed by atoms with Crippen LogP contribution in [-0.4, -0.2) is 28.8 Å². The Morgan fingerprint density at radius 1 is 1.21 bits per heavy atom. The first-order chi connectivity index (χ1) is 6.93. The molecule has 0 fully saturated rings. The van der Waals surface area contributed by atoms with Crippen molar-refractivity contribution >= 4 is 11.6 Å². The van der Waals surface area contributed by atoms with Gasteiger partial charge in [-0.3, -0.25) is 4.68 Å². The Morgan fingerprint density at radius 3 is 2.86 bits per heavy atom. The molecule has 0 unspecified atom stereocenters. The molecule has 0 aliphatic heterocycles. The molecule has 0 atom stereocenters. The molecule has 1 rings (SSSR count). The van der Waals surface area contributed by atoms with Gasteiger partial charge in [-0.25, -0.2) is 0 Å². The molecule has 3 nitrogen and oxygen atoms in total. The Balaban J connectivity index is 1.85. The molecular formula is C10H18ClN3. The molecule has 0 aromatic carbocycles. The predicted octanol–water partition coefficient (Wildman–Crippen LogP) is 1.88. The van der Waals surface area contributed by atoms with E-state index in [1.165, 1.54) is 12.8 Å². The van der Waals surface area contributed by atoms with E-state index in [1.807, 2.05) is 16.9 Å². The minimum atomic E-state index is 0.785. The summed E-state index contributed by atoms with van der Waals surface area (Å²) in [4.78, 5) is 0. The second-order valence-corrected chi connectivity index (χ2v) is 3.65. The van der Waals surface area contributed by atoms with Gasteiger partial charge in [0.2, 0.25) is 0 Å². The number of hydrogen-bond acceptors (Lipinski definition) is 2. The van der Waals surface area contributed by atoms with Gasteiger partial charge in [-0.2, -0.15) is 5.10 Å². The lowest BCUT2D eigenvalue weighted by Crippen LogP contribution is -2.21. The molecule has 1 heterocycles. The van der Waals surface area contributed by atoms with Crippen molar-refractivity contribution in [3.63, 3.8) is 0 Å². The van der Waals surface area contributed by atoms with Gasteiger partial charge in [0.15, 0.2) is 0 Å². The number of rotatable bonds is 8. The normalized spacial score (nSPS) is 10.6. The Kier molecular flexibility index (Phi) is 6.45. The van der Waals surface area contributed by atoms with E-state index in [0.717, 1.165) is 31.9 Å². The van der Waals surface area contributed by atoms with Gasteiger partial charge in [-0.05, 0) is 25.5 Å². The highest BCUT2D eigenvalue weighted by Gasteiger charge is 1.90. The van der Waals surface area contributed by atoms with E-state index in [4.69, 9.17) is 11.6 Å². The average Bonchev–Trinajstić information content (AvgIpc) is 2.69. The Morgan fingerprint density at radius 2 is 2.14 bits per heavy atom. The molecule has 0 spiro atoms. The summed E-state index contributed by atoms with van der Waals surface area (Å²) in [5.74, 6) is 0.785. The van der Waals surface area contributed by atoms with Crippen molar-refractivity contribution in [3.8, 4) is 0 Å². The molecule has 0 aliphatic rings. The lowest BCUT2D eigenvalue weighted by molar-refractivity contribution is 0.540. The maximum Gasteiger partial charge on any atom is 0.0533 e. The summed E-state index contributed by atoms with van der Waals surface area (Å²) < 4.78 is 1.94. The molecule has 0 amide bonds. The summed E-state index contributed by atoms with van der Waals surface area (Å²) in [5, 5.41) is 7.50. The lowest BCUT2D eigenvalue weighted by Gasteiger charge is -2.04. The third-order valence-electron chi connectivity index (χ3n) is 2.06. The first kappa shape index (κ1) is 11.5. The minimum absolute atomic E-state index is 0.785. The molecule has 0 radical (unpaired) electrons. The zero-order chi connectivity index (χ0) is 10.1. The molecule has 0 aliphatic carbocycles. The second-order valence-electron chi connectivity index (χ2n) is 3.27. The van der Waals surface area contributed by atoms with Crippen molar-refractivity contribution in [2.75, 3.05) is 19.0 Å². The molecule has 0 saturated carbocycles. The molecule has 1 N–H and O–H groups in total. The summed E-state index contributed by atoms with van der Waals surface area (Å²) >= 11 is 5.58. The van der Waals surface area contributed by atoms with Crippen LogP contribution < -0.4 is 5.32 Å². The SMILES string of the molecule is ClCCCCCNCCn1cccn1. The van der Waals surface area contributed by atoms with Crippen LogP contribution in [0.25, 0.3) is 0 Å². The van der Waals surface area contributed by atoms with Crippen LogP contribution >= 0.6 is 11.6 Å². The van der Waals surface area contributed by atoms with Crippen LogP contribution in [0.5, 0.6) is 0 Å². The first-order valence-corrected chi connectivity index (χ1v) is 5.71. The second kappa shape index (κ2) is 7.83. The van der Waals surface area contributed by atoms with Crippen LogP contribution in [0.2, 0.25) is 0 Å². The smallest absolute Gasteiger partial charge is 0.0533 e. The Bertz CT molecular complexity index is 211. The number of aromatic nitrogens is 2. The van der Waals surface area contributed by atoms with Gasteiger partial charge in [-0.1, -0.05) is 6.42 Å². The summed E-state index contributed by atoms with van der Waals surface area (Å²) in [5.41, 5.74) is 0. The van der Waals surface area contributed by atoms with Gasteiger partial charge < -0.3 is 5.32 Å². The van der Waals surface area contributed by atoms with Crippen molar-refractivity contribution in [1.82, 2.24) is 15.1 Å². The fourth-order valence-electron chi connectivity index (χ4n) is 1.27. The number of unbranched alkanes of at least 4 members (excludes halogenated alkanes) is 2. The fraction of sp³-hybridized carbons (Fsp3) is 0.700. The zero-order valence-corrected chi connectivity index (χ0v) is 9.21. The molecule has 1 aromatic rings. The predicted molar refractivity (Wildman–Crippen MR) is 59.7 cm³/mol. The van der Waals surface area contributed by atoms with Crippen molar-refractivity contribution in [2.24, 2.45) is 0 Å². The monoisotopic (exact) mass is 215 g/mol. The molecular weight excluding hydrogens is 198 g/mol. The van der Waals surface area contributed by atoms with Crippen LogP contribution in [0.4, 0.5) is 0 Å². The van der Waals surface area contributed by atoms with E-state index in [-0.39, 0.29) is 0 Å². The van der Waals surface area contributed by atoms with E-state index in [0.29, 0.717) is 0 Å². The molecule has 14 heavy (non-hydrogen) atoms. The van der Waals surface area contributed by atoms with Gasteiger partial charge >= 0.3 is 0 Å². The van der Waals surface area contributed by atoms with Gasteiger partial charge in [0.25, 0.3) is 0 Å². The van der Waals surface area contributed by atoms with Crippen LogP contribution in [-0.2, 0) is 6.54 Å². The molecule has 0 saturated heterocycles. The average molecular weight is 216 g/mol. The molecule has 0 bridgehead atoms. The van der Waals surface area contributed by atoms with Crippen LogP contribution in [0.1, 0.15) is 19.3 Å². The quantitative estimate of drug-likeness (QED) is 0.530. The molecule has 80 valence electrons. The minimum Gasteiger partial charge on any atom is -0.315 e. The molecule has 1 aromatic heterocycles. The standard InChI is InChI=1S/C10H18ClN3/c11-5-2-1-3-6-12-8-10-14-9-4-7-13-14/h4,7,9,12H,1-3,5-6,8,10H2. The maximum absolute atomic E-state index is 5.58. The number of alkyl halides is 1. The van der Waals surface area contributed by atoms with Crippen LogP contribution in [0, 0.1) is 0 Å². The van der Waals surface area contributed by atoms with E-state index in [1.54, 1.807) is 6.20 Å². The third-order valence-corrected chi connectivity index (χ3v) is 2.33. The van der Waals surface area contributed by atoms with Crippen LogP contribution in [0.15, 0.2) is 18.5 Å². The van der Waals surface area contributed by atoms with Crippen molar-refractivity contribution < 1.29 is 0 Å².